The maximum atomic E-state index is 17.2. The molecule has 22 heteroatoms. The standard InChI is InChI=1S/C63H75FN12O8S/c1-8-38-10-9-11-41-22-46(77)23-48(54(38)41)56-55(64)57-49(26-65-56)59(74-28-42-16-17-43(29-74)68-42)70-62(69-57)82-31-44-18-19-45(72(44)7)32-83-63(81)73-20-21-75(35(4)27-73)52-25-51(84-71-52)53(34(2)3)61(80)76-30-47(78)24-50(76)60(79)67-36(5)39-12-14-40(15-13-39)58-37(6)66-33-85-58/h9-15,22-23,25-26,33-36,42-45,47,50,53,68,77-78H,8,16-21,24,27-32H2,1-7H3,(H,67,79)/t35-,36+,42?,43?,44+,45?,47-,50+,53+/m1/s1. The van der Waals surface area contributed by atoms with Crippen molar-refractivity contribution >= 4 is 62.6 Å². The van der Waals surface area contributed by atoms with Crippen molar-refractivity contribution in [2.75, 3.05) is 69.3 Å². The van der Waals surface area contributed by atoms with Gasteiger partial charge in [0.15, 0.2) is 17.4 Å². The molecule has 3 amide bonds. The highest BCUT2D eigenvalue weighted by molar-refractivity contribution is 7.13. The quantitative estimate of drug-likeness (QED) is 0.0712. The average Bonchev–Trinajstić information content (AvgIpc) is 4.35. The van der Waals surface area contributed by atoms with Gasteiger partial charge in [-0.1, -0.05) is 68.4 Å². The number of likely N-dealkylation sites (N-methyl/N-ethyl adjacent to an activating group) is 1. The number of amides is 3. The van der Waals surface area contributed by atoms with E-state index in [1.54, 1.807) is 40.6 Å². The molecule has 5 fully saturated rings. The lowest BCUT2D eigenvalue weighted by Gasteiger charge is -2.39. The number of halogens is 1. The average molecular weight is 1180 g/mol. The molecule has 0 aliphatic carbocycles. The van der Waals surface area contributed by atoms with Crippen molar-refractivity contribution in [1.29, 1.82) is 0 Å². The summed E-state index contributed by atoms with van der Waals surface area (Å²) in [6.07, 6.45) is 4.84. The Labute approximate surface area is 497 Å². The second-order valence-electron chi connectivity index (χ2n) is 24.2. The number of carbonyl (C=O) groups is 3. The monoisotopic (exact) mass is 1180 g/mol. The molecule has 3 aromatic carbocycles. The second kappa shape index (κ2) is 24.1. The molecule has 0 saturated carbocycles. The first kappa shape index (κ1) is 57.9. The van der Waals surface area contributed by atoms with E-state index in [-0.39, 0.29) is 91.0 Å². The van der Waals surface area contributed by atoms with E-state index in [4.69, 9.17) is 28.9 Å². The molecule has 448 valence electrons. The van der Waals surface area contributed by atoms with E-state index in [9.17, 15) is 24.6 Å². The van der Waals surface area contributed by atoms with Gasteiger partial charge >= 0.3 is 12.1 Å². The number of aliphatic hydroxyl groups is 1. The van der Waals surface area contributed by atoms with E-state index in [1.807, 2.05) is 96.6 Å². The number of anilines is 2. The number of hydrogen-bond acceptors (Lipinski definition) is 18. The number of likely N-dealkylation sites (tertiary alicyclic amines) is 2. The summed E-state index contributed by atoms with van der Waals surface area (Å²) in [5, 5.41) is 34.9. The molecule has 85 heavy (non-hydrogen) atoms. The summed E-state index contributed by atoms with van der Waals surface area (Å²) in [6, 6.07) is 18.0. The van der Waals surface area contributed by atoms with Crippen molar-refractivity contribution in [2.24, 2.45) is 5.92 Å². The first-order valence-corrected chi connectivity index (χ1v) is 30.8. The van der Waals surface area contributed by atoms with Gasteiger partial charge in [0.2, 0.25) is 11.8 Å². The molecule has 3 unspecified atom stereocenters. The van der Waals surface area contributed by atoms with Crippen molar-refractivity contribution in [1.82, 2.24) is 50.4 Å². The number of aromatic hydroxyl groups is 1. The summed E-state index contributed by atoms with van der Waals surface area (Å²) < 4.78 is 35.6. The number of fused-ring (bicyclic) bond motifs is 4. The number of aromatic nitrogens is 5. The topological polar surface area (TPSA) is 228 Å². The predicted octanol–water partition coefficient (Wildman–Crippen LogP) is 8.38. The summed E-state index contributed by atoms with van der Waals surface area (Å²) in [6.45, 7) is 14.8. The van der Waals surface area contributed by atoms with E-state index < -0.39 is 30.0 Å². The van der Waals surface area contributed by atoms with Crippen LogP contribution in [0.2, 0.25) is 0 Å². The lowest BCUT2D eigenvalue weighted by Crippen LogP contribution is -2.54. The minimum absolute atomic E-state index is 0.0164. The van der Waals surface area contributed by atoms with Gasteiger partial charge in [0, 0.05) is 93.7 Å². The Hall–Kier alpha value is -7.53. The number of pyridine rings is 1. The highest BCUT2D eigenvalue weighted by atomic mass is 32.1. The summed E-state index contributed by atoms with van der Waals surface area (Å²) in [5.74, 6) is -0.770. The summed E-state index contributed by atoms with van der Waals surface area (Å²) in [7, 11) is 1.99. The number of benzene rings is 3. The molecule has 7 aromatic rings. The third-order valence-electron chi connectivity index (χ3n) is 18.2. The van der Waals surface area contributed by atoms with Gasteiger partial charge in [0.05, 0.1) is 33.6 Å². The molecule has 20 nitrogen and oxygen atoms in total. The van der Waals surface area contributed by atoms with E-state index in [2.05, 4.69) is 35.5 Å². The first-order valence-electron chi connectivity index (χ1n) is 29.9. The molecule has 5 saturated heterocycles. The maximum Gasteiger partial charge on any atom is 0.409 e. The number of ether oxygens (including phenoxy) is 2. The van der Waals surface area contributed by atoms with Gasteiger partial charge < -0.3 is 54.4 Å². The Morgan fingerprint density at radius 1 is 0.941 bits per heavy atom. The Morgan fingerprint density at radius 2 is 1.71 bits per heavy atom. The third-order valence-corrected chi connectivity index (χ3v) is 19.2. The van der Waals surface area contributed by atoms with Crippen LogP contribution in [0, 0.1) is 18.7 Å². The molecule has 4 aromatic heterocycles. The van der Waals surface area contributed by atoms with E-state index in [0.29, 0.717) is 79.6 Å². The zero-order valence-corrected chi connectivity index (χ0v) is 50.0. The Bertz CT molecular complexity index is 3610. The van der Waals surface area contributed by atoms with E-state index >= 15 is 4.39 Å². The molecular weight excluding hydrogens is 1100 g/mol. The van der Waals surface area contributed by atoms with Gasteiger partial charge in [-0.3, -0.25) is 19.5 Å². The molecule has 9 atom stereocenters. The number of nitrogens with one attached hydrogen (secondary N) is 2. The Balaban J connectivity index is 0.659. The number of nitrogens with zero attached hydrogens (tertiary/aromatic N) is 10. The van der Waals surface area contributed by atoms with E-state index in [0.717, 1.165) is 63.7 Å². The molecule has 0 radical (unpaired) electrons. The Kier molecular flexibility index (Phi) is 16.4. The van der Waals surface area contributed by atoms with Crippen LogP contribution in [0.5, 0.6) is 11.8 Å². The second-order valence-corrected chi connectivity index (χ2v) is 25.0. The molecule has 9 heterocycles. The maximum absolute atomic E-state index is 17.2. The van der Waals surface area contributed by atoms with Gasteiger partial charge in [-0.05, 0) is 105 Å². The number of hydrogen-bond donors (Lipinski definition) is 4. The van der Waals surface area contributed by atoms with Crippen molar-refractivity contribution in [3.05, 3.63) is 101 Å². The summed E-state index contributed by atoms with van der Waals surface area (Å²) in [4.78, 5) is 71.5. The summed E-state index contributed by atoms with van der Waals surface area (Å²) >= 11 is 1.58. The lowest BCUT2D eigenvalue weighted by atomic mass is 9.91. The zero-order valence-electron chi connectivity index (χ0n) is 49.2. The fourth-order valence-corrected chi connectivity index (χ4v) is 14.3. The van der Waals surface area contributed by atoms with Gasteiger partial charge in [0.25, 0.3) is 0 Å². The molecule has 2 bridgehead atoms. The number of rotatable bonds is 16. The smallest absolute Gasteiger partial charge is 0.409 e. The van der Waals surface area contributed by atoms with Crippen molar-refractivity contribution in [2.45, 2.75) is 134 Å². The van der Waals surface area contributed by atoms with E-state index in [1.165, 1.54) is 4.90 Å². The largest absolute Gasteiger partial charge is 0.508 e. The van der Waals surface area contributed by atoms with Crippen LogP contribution in [-0.4, -0.2) is 170 Å². The van der Waals surface area contributed by atoms with Crippen LogP contribution >= 0.6 is 11.3 Å². The van der Waals surface area contributed by atoms with Crippen LogP contribution in [0.25, 0.3) is 43.4 Å². The molecule has 12 rings (SSSR count). The molecule has 5 aliphatic rings. The SMILES string of the molecule is CCc1cccc2cc(O)cc(-c3ncc4c(N5CC6CCC(C5)N6)nc(OC[C@@H]5CCC(COC(=O)N6CCN(c7cc([C@@H](C(=O)N8C[C@H](O)C[C@H]8C(=O)N[C@@H](C)c8ccc(-c9scnc9C)cc8)C(C)C)on7)[C@H](C)C6)N5C)nc4c3F)c12. The predicted molar refractivity (Wildman–Crippen MR) is 322 cm³/mol. The number of β-amino-alcohol motifs (C(OH)–C–C–N with tert-alkyl or cyclic N) is 1. The number of carbonyl (C=O) groups excluding carboxylic acids is 3. The zero-order chi connectivity index (χ0) is 59.4. The molecule has 0 spiro atoms. The van der Waals surface area contributed by atoms with Crippen LogP contribution in [0.3, 0.4) is 0 Å². The number of aryl methyl sites for hydroxylation is 2. The number of aliphatic hydroxyl groups excluding tert-OH is 1. The van der Waals surface area contributed by atoms with Crippen LogP contribution in [-0.2, 0) is 20.7 Å². The molecule has 4 N–H and O–H groups in total. The van der Waals surface area contributed by atoms with Gasteiger partial charge in [-0.15, -0.1) is 11.3 Å². The van der Waals surface area contributed by atoms with Crippen LogP contribution in [0.15, 0.2) is 76.9 Å². The van der Waals surface area contributed by atoms with Crippen molar-refractivity contribution in [3.63, 3.8) is 0 Å². The number of piperazine rings is 2. The van der Waals surface area contributed by atoms with Crippen molar-refractivity contribution in [3.8, 4) is 33.5 Å². The molecular formula is C63H75FN12O8S. The number of phenolic OH excluding ortho intramolecular Hbond substituents is 1. The third kappa shape index (κ3) is 11.6. The van der Waals surface area contributed by atoms with Crippen LogP contribution in [0.4, 0.5) is 20.8 Å². The minimum atomic E-state index is -0.870. The number of thiazole rings is 1. The highest BCUT2D eigenvalue weighted by Crippen LogP contribution is 2.40. The Morgan fingerprint density at radius 3 is 2.42 bits per heavy atom. The fraction of sp³-hybridized carbons (Fsp3) is 0.492. The summed E-state index contributed by atoms with van der Waals surface area (Å²) in [5.41, 5.74) is 6.45. The minimum Gasteiger partial charge on any atom is -0.508 e. The van der Waals surface area contributed by atoms with Crippen LogP contribution < -0.4 is 25.2 Å². The molecule has 5 aliphatic heterocycles. The fourth-order valence-electron chi connectivity index (χ4n) is 13.5. The van der Waals surface area contributed by atoms with Gasteiger partial charge in [-0.2, -0.15) is 9.97 Å². The number of phenols is 1. The van der Waals surface area contributed by atoms with Gasteiger partial charge in [0.1, 0.15) is 48.0 Å². The van der Waals surface area contributed by atoms with Crippen molar-refractivity contribution < 1.29 is 43.0 Å². The normalized spacial score (nSPS) is 23.3. The van der Waals surface area contributed by atoms with Crippen LogP contribution in [0.1, 0.15) is 101 Å². The van der Waals surface area contributed by atoms with Gasteiger partial charge in [-0.25, -0.2) is 14.2 Å². The highest BCUT2D eigenvalue weighted by Gasteiger charge is 2.44. The first-order chi connectivity index (χ1) is 41.0. The lowest BCUT2D eigenvalue weighted by molar-refractivity contribution is -0.141.